The van der Waals surface area contributed by atoms with Crippen LogP contribution in [0.25, 0.3) is 0 Å². The number of alkyl halides is 3. The van der Waals surface area contributed by atoms with Crippen LogP contribution < -0.4 is 5.32 Å². The molecule has 1 amide bonds. The first-order chi connectivity index (χ1) is 9.31. The zero-order valence-corrected chi connectivity index (χ0v) is 11.3. The number of benzene rings is 1. The molecular formula is C13H17F3N2O2. The minimum absolute atomic E-state index is 0.0543. The Hall–Kier alpha value is -1.76. The van der Waals surface area contributed by atoms with Gasteiger partial charge in [0.15, 0.2) is 0 Å². The van der Waals surface area contributed by atoms with Crippen molar-refractivity contribution in [2.45, 2.75) is 13.1 Å². The zero-order chi connectivity index (χ0) is 15.3. The van der Waals surface area contributed by atoms with Gasteiger partial charge in [-0.2, -0.15) is 13.2 Å². The number of rotatable bonds is 5. The van der Waals surface area contributed by atoms with Crippen LogP contribution in [0.1, 0.15) is 22.8 Å². The Bertz CT molecular complexity index is 475. The van der Waals surface area contributed by atoms with Gasteiger partial charge in [0.1, 0.15) is 0 Å². The summed E-state index contributed by atoms with van der Waals surface area (Å²) in [4.78, 5) is 13.1. The van der Waals surface area contributed by atoms with Gasteiger partial charge in [0.2, 0.25) is 0 Å². The summed E-state index contributed by atoms with van der Waals surface area (Å²) in [5, 5.41) is 11.4. The minimum Gasteiger partial charge on any atom is -0.395 e. The third-order valence-electron chi connectivity index (χ3n) is 2.72. The number of carbonyl (C=O) groups excluding carboxylic acids is 1. The average molecular weight is 290 g/mol. The van der Waals surface area contributed by atoms with Crippen LogP contribution in [0.2, 0.25) is 0 Å². The number of anilines is 1. The zero-order valence-electron chi connectivity index (χ0n) is 11.3. The standard InChI is InChI=1S/C13H17F3N2O2/c1-3-17-11-5-4-9(8-10(11)13(14,15)16)12(20)18(2)6-7-19/h4-5,8,17,19H,3,6-7H2,1-2H3. The normalized spacial score (nSPS) is 11.3. The number of aliphatic hydroxyl groups is 1. The average Bonchev–Trinajstić information content (AvgIpc) is 2.37. The SMILES string of the molecule is CCNc1ccc(C(=O)N(C)CCO)cc1C(F)(F)F. The predicted octanol–water partition coefficient (Wildman–Crippen LogP) is 2.20. The second-order valence-corrected chi connectivity index (χ2v) is 4.24. The van der Waals surface area contributed by atoms with Crippen molar-refractivity contribution < 1.29 is 23.1 Å². The van der Waals surface area contributed by atoms with E-state index in [9.17, 15) is 18.0 Å². The highest BCUT2D eigenvalue weighted by molar-refractivity contribution is 5.94. The fraction of sp³-hybridized carbons (Fsp3) is 0.462. The van der Waals surface area contributed by atoms with Crippen LogP contribution in [0.3, 0.4) is 0 Å². The monoisotopic (exact) mass is 290 g/mol. The summed E-state index contributed by atoms with van der Waals surface area (Å²) in [7, 11) is 1.42. The molecule has 0 saturated heterocycles. The van der Waals surface area contributed by atoms with Gasteiger partial charge in [-0.05, 0) is 25.1 Å². The molecule has 0 fully saturated rings. The van der Waals surface area contributed by atoms with E-state index in [1.165, 1.54) is 24.1 Å². The maximum atomic E-state index is 13.0. The first kappa shape index (κ1) is 16.3. The fourth-order valence-electron chi connectivity index (χ4n) is 1.73. The van der Waals surface area contributed by atoms with E-state index in [1.807, 2.05) is 0 Å². The van der Waals surface area contributed by atoms with Gasteiger partial charge in [-0.15, -0.1) is 0 Å². The number of hydrogen-bond acceptors (Lipinski definition) is 3. The summed E-state index contributed by atoms with van der Waals surface area (Å²) in [6.07, 6.45) is -4.54. The lowest BCUT2D eigenvalue weighted by Gasteiger charge is -2.18. The number of aliphatic hydroxyl groups excluding tert-OH is 1. The Kier molecular flexibility index (Phi) is 5.38. The summed E-state index contributed by atoms with van der Waals surface area (Å²) in [6, 6.07) is 3.41. The Morgan fingerprint density at radius 2 is 2.05 bits per heavy atom. The van der Waals surface area contributed by atoms with Crippen molar-refractivity contribution in [2.75, 3.05) is 32.1 Å². The minimum atomic E-state index is -4.54. The van der Waals surface area contributed by atoms with Crippen molar-refractivity contribution in [2.24, 2.45) is 0 Å². The largest absolute Gasteiger partial charge is 0.418 e. The van der Waals surface area contributed by atoms with E-state index >= 15 is 0 Å². The van der Waals surface area contributed by atoms with Crippen molar-refractivity contribution in [1.29, 1.82) is 0 Å². The second-order valence-electron chi connectivity index (χ2n) is 4.24. The molecule has 7 heteroatoms. The highest BCUT2D eigenvalue weighted by Crippen LogP contribution is 2.35. The molecule has 20 heavy (non-hydrogen) atoms. The molecule has 112 valence electrons. The van der Waals surface area contributed by atoms with E-state index in [0.717, 1.165) is 6.07 Å². The Labute approximate surface area is 115 Å². The summed E-state index contributed by atoms with van der Waals surface area (Å²) < 4.78 is 38.9. The molecule has 2 N–H and O–H groups in total. The van der Waals surface area contributed by atoms with Crippen LogP contribution >= 0.6 is 0 Å². The third kappa shape index (κ3) is 3.86. The molecule has 1 rings (SSSR count). The van der Waals surface area contributed by atoms with Crippen LogP contribution in [0, 0.1) is 0 Å². The highest BCUT2D eigenvalue weighted by atomic mass is 19.4. The van der Waals surface area contributed by atoms with E-state index in [4.69, 9.17) is 5.11 Å². The molecular weight excluding hydrogens is 273 g/mol. The van der Waals surface area contributed by atoms with E-state index < -0.39 is 17.6 Å². The molecule has 0 bridgehead atoms. The van der Waals surface area contributed by atoms with Gasteiger partial charge in [0, 0.05) is 31.4 Å². The molecule has 0 aromatic heterocycles. The van der Waals surface area contributed by atoms with E-state index in [0.29, 0.717) is 6.54 Å². The van der Waals surface area contributed by atoms with Gasteiger partial charge < -0.3 is 15.3 Å². The Morgan fingerprint density at radius 1 is 1.40 bits per heavy atom. The van der Waals surface area contributed by atoms with Crippen molar-refractivity contribution in [3.63, 3.8) is 0 Å². The predicted molar refractivity (Wildman–Crippen MR) is 69.7 cm³/mol. The molecule has 1 aromatic carbocycles. The smallest absolute Gasteiger partial charge is 0.395 e. The molecule has 0 aliphatic carbocycles. The number of carbonyl (C=O) groups is 1. The van der Waals surface area contributed by atoms with Crippen molar-refractivity contribution in [3.05, 3.63) is 29.3 Å². The van der Waals surface area contributed by atoms with Crippen LogP contribution in [-0.4, -0.2) is 42.7 Å². The molecule has 0 radical (unpaired) electrons. The number of hydrogen-bond donors (Lipinski definition) is 2. The highest BCUT2D eigenvalue weighted by Gasteiger charge is 2.34. The van der Waals surface area contributed by atoms with Crippen LogP contribution in [0.5, 0.6) is 0 Å². The topological polar surface area (TPSA) is 52.6 Å². The number of halogens is 3. The number of amides is 1. The quantitative estimate of drug-likeness (QED) is 0.874. The first-order valence-electron chi connectivity index (χ1n) is 6.12. The fourth-order valence-corrected chi connectivity index (χ4v) is 1.73. The molecule has 0 aliphatic heterocycles. The lowest BCUT2D eigenvalue weighted by molar-refractivity contribution is -0.137. The molecule has 0 spiro atoms. The third-order valence-corrected chi connectivity index (χ3v) is 2.72. The summed E-state index contributed by atoms with van der Waals surface area (Å²) in [6.45, 7) is 1.86. The molecule has 4 nitrogen and oxygen atoms in total. The van der Waals surface area contributed by atoms with Crippen LogP contribution in [-0.2, 0) is 6.18 Å². The molecule has 0 unspecified atom stereocenters. The van der Waals surface area contributed by atoms with Crippen LogP contribution in [0.4, 0.5) is 18.9 Å². The molecule has 1 aromatic rings. The van der Waals surface area contributed by atoms with Crippen LogP contribution in [0.15, 0.2) is 18.2 Å². The Morgan fingerprint density at radius 3 is 2.55 bits per heavy atom. The van der Waals surface area contributed by atoms with Gasteiger partial charge >= 0.3 is 6.18 Å². The molecule has 0 atom stereocenters. The van der Waals surface area contributed by atoms with Crippen molar-refractivity contribution in [3.8, 4) is 0 Å². The molecule has 0 aliphatic rings. The maximum absolute atomic E-state index is 13.0. The summed E-state index contributed by atoms with van der Waals surface area (Å²) in [5.74, 6) is -0.562. The summed E-state index contributed by atoms with van der Waals surface area (Å²) >= 11 is 0. The van der Waals surface area contributed by atoms with Gasteiger partial charge in [0.05, 0.1) is 12.2 Å². The number of nitrogens with zero attached hydrogens (tertiary/aromatic N) is 1. The van der Waals surface area contributed by atoms with Gasteiger partial charge in [0.25, 0.3) is 5.91 Å². The van der Waals surface area contributed by atoms with Crippen molar-refractivity contribution >= 4 is 11.6 Å². The molecule has 0 heterocycles. The van der Waals surface area contributed by atoms with Gasteiger partial charge in [-0.25, -0.2) is 0 Å². The first-order valence-corrected chi connectivity index (χ1v) is 6.12. The maximum Gasteiger partial charge on any atom is 0.418 e. The molecule has 0 saturated carbocycles. The van der Waals surface area contributed by atoms with E-state index in [1.54, 1.807) is 6.92 Å². The summed E-state index contributed by atoms with van der Waals surface area (Å²) in [5.41, 5.74) is -0.987. The lowest BCUT2D eigenvalue weighted by Crippen LogP contribution is -2.29. The second kappa shape index (κ2) is 6.60. The Balaban J connectivity index is 3.15. The van der Waals surface area contributed by atoms with Crippen molar-refractivity contribution in [1.82, 2.24) is 4.90 Å². The van der Waals surface area contributed by atoms with Gasteiger partial charge in [-0.3, -0.25) is 4.79 Å². The number of likely N-dealkylation sites (N-methyl/N-ethyl adjacent to an activating group) is 1. The van der Waals surface area contributed by atoms with E-state index in [-0.39, 0.29) is 24.4 Å². The van der Waals surface area contributed by atoms with E-state index in [2.05, 4.69) is 5.32 Å². The number of nitrogens with one attached hydrogen (secondary N) is 1. The lowest BCUT2D eigenvalue weighted by atomic mass is 10.1. The van der Waals surface area contributed by atoms with Gasteiger partial charge in [-0.1, -0.05) is 0 Å².